The first-order valence-corrected chi connectivity index (χ1v) is 5.72. The minimum atomic E-state index is -5.88. The van der Waals surface area contributed by atoms with Crippen molar-refractivity contribution in [1.82, 2.24) is 5.48 Å². The van der Waals surface area contributed by atoms with Crippen molar-refractivity contribution in [1.29, 1.82) is 0 Å². The first kappa shape index (κ1) is 16.4. The molecular weight excluding hydrogens is 275 g/mol. The largest absolute Gasteiger partial charge is 0.525 e. The monoisotopic (exact) mass is 285 g/mol. The third-order valence-corrected chi connectivity index (χ3v) is 2.39. The van der Waals surface area contributed by atoms with Crippen molar-refractivity contribution in [3.8, 4) is 0 Å². The predicted molar refractivity (Wildman–Crippen MR) is 57.3 cm³/mol. The van der Waals surface area contributed by atoms with E-state index in [1.165, 1.54) is 18.5 Å². The van der Waals surface area contributed by atoms with Gasteiger partial charge in [-0.3, -0.25) is 4.79 Å². The molecule has 102 valence electrons. The van der Waals surface area contributed by atoms with Crippen molar-refractivity contribution in [3.05, 3.63) is 36.5 Å². The average Bonchev–Trinajstić information content (AvgIpc) is 2.20. The van der Waals surface area contributed by atoms with Gasteiger partial charge in [0, 0.05) is 5.57 Å². The van der Waals surface area contributed by atoms with Gasteiger partial charge >= 0.3 is 15.6 Å². The van der Waals surface area contributed by atoms with Gasteiger partial charge in [0.05, 0.1) is 0 Å². The molecule has 1 N–H and O–H groups in total. The molecule has 0 unspecified atom stereocenters. The van der Waals surface area contributed by atoms with Gasteiger partial charge in [-0.1, -0.05) is 19.2 Å². The molecule has 5 nitrogen and oxygen atoms in total. The number of nitrogens with one attached hydrogen (secondary N) is 1. The van der Waals surface area contributed by atoms with Crippen molar-refractivity contribution in [2.75, 3.05) is 0 Å². The van der Waals surface area contributed by atoms with E-state index in [9.17, 15) is 26.4 Å². The number of alkyl halides is 3. The number of allylic oxidation sites excluding steroid dienone is 2. The molecule has 0 aliphatic rings. The predicted octanol–water partition coefficient (Wildman–Crippen LogP) is 1.57. The maximum absolute atomic E-state index is 11.9. The van der Waals surface area contributed by atoms with Crippen molar-refractivity contribution in [2.24, 2.45) is 0 Å². The van der Waals surface area contributed by atoms with Crippen LogP contribution in [0.5, 0.6) is 0 Å². The third kappa shape index (κ3) is 4.34. The lowest BCUT2D eigenvalue weighted by molar-refractivity contribution is -0.124. The van der Waals surface area contributed by atoms with E-state index in [1.54, 1.807) is 0 Å². The summed E-state index contributed by atoms with van der Waals surface area (Å²) < 4.78 is 60.0. The van der Waals surface area contributed by atoms with Gasteiger partial charge in [-0.2, -0.15) is 21.6 Å². The number of halogens is 3. The molecule has 0 spiro atoms. The Labute approximate surface area is 102 Å². The number of amides is 1. The summed E-state index contributed by atoms with van der Waals surface area (Å²) in [6.07, 6.45) is 2.32. The standard InChI is InChI=1S/C9H10F3NO4S/c1-4-5-7(6(2)3)8(14)13-17-18(15,16)9(10,11)12/h4-5H,1-2H2,3H3,(H,13,14)/b7-5+. The number of hydrogen-bond acceptors (Lipinski definition) is 4. The highest BCUT2D eigenvalue weighted by Crippen LogP contribution is 2.23. The van der Waals surface area contributed by atoms with Crippen LogP contribution in [0.4, 0.5) is 13.2 Å². The van der Waals surface area contributed by atoms with Crippen molar-refractivity contribution >= 4 is 16.0 Å². The van der Waals surface area contributed by atoms with Gasteiger partial charge in [-0.05, 0) is 18.6 Å². The highest BCUT2D eigenvalue weighted by Gasteiger charge is 2.48. The van der Waals surface area contributed by atoms with Gasteiger partial charge in [0.25, 0.3) is 5.91 Å². The zero-order valence-corrected chi connectivity index (χ0v) is 10.1. The fraction of sp³-hybridized carbons (Fsp3) is 0.222. The molecule has 0 aromatic carbocycles. The lowest BCUT2D eigenvalue weighted by Gasteiger charge is -2.10. The Hall–Kier alpha value is -1.61. The van der Waals surface area contributed by atoms with Crippen molar-refractivity contribution in [2.45, 2.75) is 12.4 Å². The lowest BCUT2D eigenvalue weighted by Crippen LogP contribution is -2.35. The smallest absolute Gasteiger partial charge is 0.267 e. The Morgan fingerprint density at radius 1 is 1.39 bits per heavy atom. The van der Waals surface area contributed by atoms with E-state index in [4.69, 9.17) is 0 Å². The molecule has 0 rings (SSSR count). The number of hydroxylamine groups is 1. The zero-order chi connectivity index (χ0) is 14.6. The van der Waals surface area contributed by atoms with Gasteiger partial charge in [0.1, 0.15) is 0 Å². The fourth-order valence-corrected chi connectivity index (χ4v) is 1.00. The Balaban J connectivity index is 4.87. The van der Waals surface area contributed by atoms with Crippen molar-refractivity contribution in [3.63, 3.8) is 0 Å². The van der Waals surface area contributed by atoms with E-state index in [0.29, 0.717) is 0 Å². The van der Waals surface area contributed by atoms with Crippen LogP contribution in [-0.4, -0.2) is 19.8 Å². The van der Waals surface area contributed by atoms with Crippen LogP contribution >= 0.6 is 0 Å². The molecule has 1 amide bonds. The van der Waals surface area contributed by atoms with E-state index >= 15 is 0 Å². The van der Waals surface area contributed by atoms with Crippen LogP contribution in [0.15, 0.2) is 36.5 Å². The van der Waals surface area contributed by atoms with Crippen LogP contribution < -0.4 is 5.48 Å². The molecule has 0 fully saturated rings. The van der Waals surface area contributed by atoms with E-state index in [-0.39, 0.29) is 11.1 Å². The maximum Gasteiger partial charge on any atom is 0.525 e. The first-order chi connectivity index (χ1) is 8.03. The molecule has 0 aromatic rings. The summed E-state index contributed by atoms with van der Waals surface area (Å²) >= 11 is 0. The molecule has 0 atom stereocenters. The topological polar surface area (TPSA) is 72.5 Å². The van der Waals surface area contributed by atoms with E-state index < -0.39 is 21.5 Å². The molecule has 0 aliphatic carbocycles. The molecule has 0 heterocycles. The normalized spacial score (nSPS) is 13.0. The van der Waals surface area contributed by atoms with Gasteiger partial charge in [0.2, 0.25) is 0 Å². The summed E-state index contributed by atoms with van der Waals surface area (Å²) in [5, 5.41) is 0. The van der Waals surface area contributed by atoms with Gasteiger partial charge in [0.15, 0.2) is 0 Å². The average molecular weight is 285 g/mol. The van der Waals surface area contributed by atoms with Crippen LogP contribution in [0.1, 0.15) is 6.92 Å². The quantitative estimate of drug-likeness (QED) is 0.360. The molecule has 0 bridgehead atoms. The summed E-state index contributed by atoms with van der Waals surface area (Å²) in [5.41, 5.74) is -4.42. The highest BCUT2D eigenvalue weighted by molar-refractivity contribution is 7.87. The summed E-state index contributed by atoms with van der Waals surface area (Å²) in [4.78, 5) is 11.3. The Bertz CT molecular complexity index is 490. The second kappa shape index (κ2) is 5.83. The molecule has 18 heavy (non-hydrogen) atoms. The molecule has 0 radical (unpaired) electrons. The Kier molecular flexibility index (Phi) is 5.30. The van der Waals surface area contributed by atoms with E-state index in [2.05, 4.69) is 17.4 Å². The number of hydrogen-bond donors (Lipinski definition) is 1. The van der Waals surface area contributed by atoms with Crippen LogP contribution in [0.25, 0.3) is 0 Å². The van der Waals surface area contributed by atoms with Crippen LogP contribution in [0, 0.1) is 0 Å². The third-order valence-electron chi connectivity index (χ3n) is 1.52. The van der Waals surface area contributed by atoms with Gasteiger partial charge < -0.3 is 0 Å². The van der Waals surface area contributed by atoms with Crippen LogP contribution in [0.2, 0.25) is 0 Å². The SMILES string of the molecule is C=C/C=C(\C(=C)C)C(=O)NOS(=O)(=O)C(F)(F)F. The maximum atomic E-state index is 11.9. The molecule has 0 aliphatic heterocycles. The zero-order valence-electron chi connectivity index (χ0n) is 9.24. The van der Waals surface area contributed by atoms with E-state index in [0.717, 1.165) is 6.08 Å². The summed E-state index contributed by atoms with van der Waals surface area (Å²) in [7, 11) is -5.88. The summed E-state index contributed by atoms with van der Waals surface area (Å²) in [6, 6.07) is 0. The molecule has 0 saturated carbocycles. The molecule has 0 saturated heterocycles. The second-order valence-corrected chi connectivity index (χ2v) is 4.55. The van der Waals surface area contributed by atoms with Crippen molar-refractivity contribution < 1.29 is 30.7 Å². The minimum absolute atomic E-state index is 0.164. The van der Waals surface area contributed by atoms with Gasteiger partial charge in [-0.15, -0.1) is 4.28 Å². The number of rotatable bonds is 5. The second-order valence-electron chi connectivity index (χ2n) is 3.01. The molecule has 9 heteroatoms. The first-order valence-electron chi connectivity index (χ1n) is 4.31. The lowest BCUT2D eigenvalue weighted by atomic mass is 10.1. The minimum Gasteiger partial charge on any atom is -0.267 e. The summed E-state index contributed by atoms with van der Waals surface area (Å²) in [6.45, 7) is 8.06. The van der Waals surface area contributed by atoms with Crippen LogP contribution in [0.3, 0.4) is 0 Å². The van der Waals surface area contributed by atoms with Gasteiger partial charge in [-0.25, -0.2) is 5.48 Å². The molecule has 0 aromatic heterocycles. The Morgan fingerprint density at radius 2 is 1.89 bits per heavy atom. The fourth-order valence-electron chi connectivity index (χ4n) is 0.725. The summed E-state index contributed by atoms with van der Waals surface area (Å²) in [5.74, 6) is -1.18. The Morgan fingerprint density at radius 3 is 2.22 bits per heavy atom. The number of carbonyl (C=O) groups is 1. The van der Waals surface area contributed by atoms with Crippen LogP contribution in [-0.2, 0) is 19.2 Å². The number of carbonyl (C=O) groups excluding carboxylic acids is 1. The highest BCUT2D eigenvalue weighted by atomic mass is 32.2. The molecular formula is C9H10F3NO4S. The van der Waals surface area contributed by atoms with E-state index in [1.807, 2.05) is 0 Å².